The molecule has 1 heterocycles. The molecule has 3 heteroatoms. The van der Waals surface area contributed by atoms with Gasteiger partial charge in [-0.05, 0) is 44.4 Å². The third kappa shape index (κ3) is 2.83. The minimum atomic E-state index is 0.498. The summed E-state index contributed by atoms with van der Waals surface area (Å²) in [6.45, 7) is 4.64. The SMILES string of the molecule is Cc1cc(CN(C)CC2CC2)oc1CN. The number of furan rings is 1. The van der Waals surface area contributed by atoms with Crippen molar-refractivity contribution in [3.05, 3.63) is 23.2 Å². The molecular formula is C12H20N2O. The van der Waals surface area contributed by atoms with Crippen LogP contribution in [0.1, 0.15) is 29.9 Å². The Morgan fingerprint density at radius 3 is 2.80 bits per heavy atom. The van der Waals surface area contributed by atoms with E-state index in [0.717, 1.165) is 24.0 Å². The van der Waals surface area contributed by atoms with Crippen LogP contribution in [0.3, 0.4) is 0 Å². The Kier molecular flexibility index (Phi) is 3.12. The Balaban J connectivity index is 1.90. The van der Waals surface area contributed by atoms with E-state index in [9.17, 15) is 0 Å². The third-order valence-electron chi connectivity index (χ3n) is 2.95. The van der Waals surface area contributed by atoms with Crippen molar-refractivity contribution in [1.82, 2.24) is 4.90 Å². The summed E-state index contributed by atoms with van der Waals surface area (Å²) in [7, 11) is 2.15. The lowest BCUT2D eigenvalue weighted by atomic mass is 10.2. The zero-order valence-corrected chi connectivity index (χ0v) is 9.62. The molecule has 0 aliphatic heterocycles. The Bertz CT molecular complexity index is 328. The Hall–Kier alpha value is -0.800. The van der Waals surface area contributed by atoms with Crippen molar-refractivity contribution in [2.45, 2.75) is 32.9 Å². The molecule has 1 aliphatic carbocycles. The number of nitrogens with zero attached hydrogens (tertiary/aromatic N) is 1. The van der Waals surface area contributed by atoms with Gasteiger partial charge in [-0.1, -0.05) is 0 Å². The molecule has 1 aromatic heterocycles. The first kappa shape index (κ1) is 10.7. The molecule has 0 bridgehead atoms. The molecule has 0 saturated heterocycles. The third-order valence-corrected chi connectivity index (χ3v) is 2.95. The van der Waals surface area contributed by atoms with Crippen LogP contribution in [0.25, 0.3) is 0 Å². The van der Waals surface area contributed by atoms with Crippen LogP contribution in [0.2, 0.25) is 0 Å². The van der Waals surface area contributed by atoms with E-state index in [4.69, 9.17) is 10.2 Å². The standard InChI is InChI=1S/C12H20N2O/c1-9-5-11(15-12(9)6-13)8-14(2)7-10-3-4-10/h5,10H,3-4,6-8,13H2,1-2H3. The van der Waals surface area contributed by atoms with Gasteiger partial charge in [-0.2, -0.15) is 0 Å². The molecular weight excluding hydrogens is 188 g/mol. The summed E-state index contributed by atoms with van der Waals surface area (Å²) in [6, 6.07) is 2.10. The zero-order valence-electron chi connectivity index (χ0n) is 9.62. The van der Waals surface area contributed by atoms with Gasteiger partial charge in [0.05, 0.1) is 13.1 Å². The predicted octanol–water partition coefficient (Wildman–Crippen LogP) is 1.89. The number of aryl methyl sites for hydroxylation is 1. The summed E-state index contributed by atoms with van der Waals surface area (Å²) in [5, 5.41) is 0. The predicted molar refractivity (Wildman–Crippen MR) is 60.4 cm³/mol. The maximum absolute atomic E-state index is 5.67. The highest BCUT2D eigenvalue weighted by Crippen LogP contribution is 2.29. The smallest absolute Gasteiger partial charge is 0.120 e. The quantitative estimate of drug-likeness (QED) is 0.803. The second-order valence-corrected chi connectivity index (χ2v) is 4.66. The molecule has 1 aromatic rings. The van der Waals surface area contributed by atoms with Crippen molar-refractivity contribution < 1.29 is 4.42 Å². The van der Waals surface area contributed by atoms with E-state index in [1.165, 1.54) is 24.9 Å². The average Bonchev–Trinajstić information content (AvgIpc) is 2.90. The van der Waals surface area contributed by atoms with E-state index in [2.05, 4.69) is 24.9 Å². The number of rotatable bonds is 5. The maximum Gasteiger partial charge on any atom is 0.120 e. The molecule has 1 fully saturated rings. The minimum Gasteiger partial charge on any atom is -0.463 e. The van der Waals surface area contributed by atoms with Crippen LogP contribution in [0.15, 0.2) is 10.5 Å². The van der Waals surface area contributed by atoms with Gasteiger partial charge in [0.25, 0.3) is 0 Å². The monoisotopic (exact) mass is 208 g/mol. The van der Waals surface area contributed by atoms with E-state index in [-0.39, 0.29) is 0 Å². The lowest BCUT2D eigenvalue weighted by Gasteiger charge is -2.13. The molecule has 3 nitrogen and oxygen atoms in total. The van der Waals surface area contributed by atoms with Crippen LogP contribution in [0.5, 0.6) is 0 Å². The molecule has 1 saturated carbocycles. The summed E-state index contributed by atoms with van der Waals surface area (Å²) in [5.74, 6) is 2.89. The molecule has 0 aromatic carbocycles. The van der Waals surface area contributed by atoms with Gasteiger partial charge in [-0.15, -0.1) is 0 Å². The molecule has 0 spiro atoms. The number of nitrogens with two attached hydrogens (primary N) is 1. The van der Waals surface area contributed by atoms with Crippen LogP contribution < -0.4 is 5.73 Å². The second kappa shape index (κ2) is 4.37. The summed E-state index contributed by atoms with van der Waals surface area (Å²) >= 11 is 0. The first-order chi connectivity index (χ1) is 7.19. The van der Waals surface area contributed by atoms with Crippen LogP contribution in [0.4, 0.5) is 0 Å². The van der Waals surface area contributed by atoms with E-state index < -0.39 is 0 Å². The van der Waals surface area contributed by atoms with E-state index in [0.29, 0.717) is 6.54 Å². The Morgan fingerprint density at radius 1 is 1.53 bits per heavy atom. The van der Waals surface area contributed by atoms with Gasteiger partial charge in [0, 0.05) is 6.54 Å². The largest absolute Gasteiger partial charge is 0.463 e. The molecule has 15 heavy (non-hydrogen) atoms. The second-order valence-electron chi connectivity index (χ2n) is 4.66. The Labute approximate surface area is 91.2 Å². The molecule has 0 radical (unpaired) electrons. The number of hydrogen-bond acceptors (Lipinski definition) is 3. The van der Waals surface area contributed by atoms with Crippen molar-refractivity contribution in [2.75, 3.05) is 13.6 Å². The maximum atomic E-state index is 5.67. The molecule has 84 valence electrons. The number of hydrogen-bond donors (Lipinski definition) is 1. The van der Waals surface area contributed by atoms with Gasteiger partial charge >= 0.3 is 0 Å². The Morgan fingerprint density at radius 2 is 2.27 bits per heavy atom. The van der Waals surface area contributed by atoms with Crippen molar-refractivity contribution >= 4 is 0 Å². The molecule has 0 unspecified atom stereocenters. The summed E-state index contributed by atoms with van der Waals surface area (Å²) in [4.78, 5) is 2.33. The topological polar surface area (TPSA) is 42.4 Å². The van der Waals surface area contributed by atoms with Gasteiger partial charge in [-0.25, -0.2) is 0 Å². The lowest BCUT2D eigenvalue weighted by molar-refractivity contribution is 0.280. The van der Waals surface area contributed by atoms with Gasteiger partial charge in [0.2, 0.25) is 0 Å². The molecule has 0 amide bonds. The highest BCUT2D eigenvalue weighted by molar-refractivity contribution is 5.19. The summed E-state index contributed by atoms with van der Waals surface area (Å²) in [5.41, 5.74) is 6.75. The van der Waals surface area contributed by atoms with Crippen LogP contribution >= 0.6 is 0 Å². The fraction of sp³-hybridized carbons (Fsp3) is 0.667. The van der Waals surface area contributed by atoms with Gasteiger partial charge < -0.3 is 10.2 Å². The highest BCUT2D eigenvalue weighted by atomic mass is 16.3. The normalized spacial score (nSPS) is 16.3. The van der Waals surface area contributed by atoms with E-state index in [1.807, 2.05) is 0 Å². The van der Waals surface area contributed by atoms with Gasteiger partial charge in [0.1, 0.15) is 11.5 Å². The first-order valence-corrected chi connectivity index (χ1v) is 5.66. The van der Waals surface area contributed by atoms with Crippen molar-refractivity contribution in [1.29, 1.82) is 0 Å². The van der Waals surface area contributed by atoms with Crippen LogP contribution in [0, 0.1) is 12.8 Å². The fourth-order valence-corrected chi connectivity index (χ4v) is 1.94. The molecule has 2 rings (SSSR count). The van der Waals surface area contributed by atoms with Crippen molar-refractivity contribution in [2.24, 2.45) is 11.7 Å². The average molecular weight is 208 g/mol. The van der Waals surface area contributed by atoms with Crippen molar-refractivity contribution in [3.63, 3.8) is 0 Å². The highest BCUT2D eigenvalue weighted by Gasteiger charge is 2.23. The van der Waals surface area contributed by atoms with E-state index in [1.54, 1.807) is 0 Å². The molecule has 1 aliphatic rings. The van der Waals surface area contributed by atoms with Crippen LogP contribution in [-0.2, 0) is 13.1 Å². The molecule has 0 atom stereocenters. The molecule has 2 N–H and O–H groups in total. The first-order valence-electron chi connectivity index (χ1n) is 5.66. The fourth-order valence-electron chi connectivity index (χ4n) is 1.94. The minimum absolute atomic E-state index is 0.498. The van der Waals surface area contributed by atoms with Gasteiger partial charge in [0.15, 0.2) is 0 Å². The summed E-state index contributed by atoms with van der Waals surface area (Å²) < 4.78 is 5.67. The van der Waals surface area contributed by atoms with E-state index >= 15 is 0 Å². The lowest BCUT2D eigenvalue weighted by Crippen LogP contribution is -2.19. The zero-order chi connectivity index (χ0) is 10.8. The van der Waals surface area contributed by atoms with Gasteiger partial charge in [-0.3, -0.25) is 4.90 Å². The summed E-state index contributed by atoms with van der Waals surface area (Å²) in [6.07, 6.45) is 2.80. The van der Waals surface area contributed by atoms with Crippen LogP contribution in [-0.4, -0.2) is 18.5 Å². The van der Waals surface area contributed by atoms with Crippen molar-refractivity contribution in [3.8, 4) is 0 Å².